The average Bonchev–Trinajstić information content (AvgIpc) is 3.05. The van der Waals surface area contributed by atoms with Gasteiger partial charge in [0, 0.05) is 38.8 Å². The molecule has 0 radical (unpaired) electrons. The van der Waals surface area contributed by atoms with E-state index in [9.17, 15) is 0 Å². The first-order chi connectivity index (χ1) is 13.9. The molecule has 0 amide bonds. The van der Waals surface area contributed by atoms with Crippen molar-refractivity contribution < 1.29 is 0 Å². The Labute approximate surface area is 188 Å². The van der Waals surface area contributed by atoms with Gasteiger partial charge in [-0.2, -0.15) is 0 Å². The molecule has 29 heavy (non-hydrogen) atoms. The highest BCUT2D eigenvalue weighted by Gasteiger charge is 2.30. The molecule has 1 aromatic carbocycles. The predicted molar refractivity (Wildman–Crippen MR) is 128 cm³/mol. The van der Waals surface area contributed by atoms with E-state index >= 15 is 0 Å². The van der Waals surface area contributed by atoms with Crippen molar-refractivity contribution in [3.8, 4) is 0 Å². The van der Waals surface area contributed by atoms with E-state index in [-0.39, 0.29) is 5.54 Å². The second-order valence-electron chi connectivity index (χ2n) is 7.58. The number of nitrogens with two attached hydrogens (primary N) is 1. The highest BCUT2D eigenvalue weighted by atomic mass is 35.5. The Kier molecular flexibility index (Phi) is 7.06. The highest BCUT2D eigenvalue weighted by Crippen LogP contribution is 2.40. The molecule has 6 heteroatoms. The molecule has 0 saturated carbocycles. The molecule has 156 valence electrons. The van der Waals surface area contributed by atoms with E-state index in [1.54, 1.807) is 0 Å². The third-order valence-electron chi connectivity index (χ3n) is 5.36. The summed E-state index contributed by atoms with van der Waals surface area (Å²) in [5, 5.41) is 6.78. The van der Waals surface area contributed by atoms with E-state index < -0.39 is 0 Å². The second kappa shape index (κ2) is 9.18. The average molecular weight is 453 g/mol. The lowest BCUT2D eigenvalue weighted by molar-refractivity contribution is 0.459. The number of hydrogen-bond donors (Lipinski definition) is 3. The first kappa shape index (κ1) is 22.3. The zero-order valence-corrected chi connectivity index (χ0v) is 19.3. The van der Waals surface area contributed by atoms with Gasteiger partial charge < -0.3 is 16.0 Å². The van der Waals surface area contributed by atoms with E-state index in [0.29, 0.717) is 22.5 Å². The van der Waals surface area contributed by atoms with E-state index in [1.807, 2.05) is 44.2 Å². The number of H-pyrrole nitrogens is 1. The minimum Gasteiger partial charge on any atom is -0.379 e. The van der Waals surface area contributed by atoms with Crippen LogP contribution in [0, 0.1) is 0 Å². The fourth-order valence-corrected chi connectivity index (χ4v) is 4.70. The summed E-state index contributed by atoms with van der Waals surface area (Å²) in [6.45, 7) is 6.78. The maximum atomic E-state index is 6.27. The molecule has 0 spiro atoms. The third kappa shape index (κ3) is 4.69. The van der Waals surface area contributed by atoms with Gasteiger partial charge in [-0.15, -0.1) is 0 Å². The van der Waals surface area contributed by atoms with Crippen molar-refractivity contribution in [3.63, 3.8) is 0 Å². The van der Waals surface area contributed by atoms with Gasteiger partial charge >= 0.3 is 0 Å². The fraction of sp³-hybridized carbons (Fsp3) is 0.391. The van der Waals surface area contributed by atoms with Crippen LogP contribution in [0.4, 0.5) is 0 Å². The lowest BCUT2D eigenvalue weighted by Gasteiger charge is -2.34. The summed E-state index contributed by atoms with van der Waals surface area (Å²) in [6.07, 6.45) is 8.80. The summed E-state index contributed by atoms with van der Waals surface area (Å²) >= 11 is 18.6. The molecule has 0 bridgehead atoms. The third-order valence-corrected chi connectivity index (χ3v) is 6.37. The molecule has 2 aromatic rings. The van der Waals surface area contributed by atoms with Crippen LogP contribution in [0.5, 0.6) is 0 Å². The van der Waals surface area contributed by atoms with Gasteiger partial charge in [-0.25, -0.2) is 0 Å². The van der Waals surface area contributed by atoms with Crippen LogP contribution in [0.3, 0.4) is 0 Å². The van der Waals surface area contributed by atoms with Crippen LogP contribution < -0.4 is 11.1 Å². The summed E-state index contributed by atoms with van der Waals surface area (Å²) in [6, 6.07) is 5.97. The molecule has 0 saturated heterocycles. The molecule has 1 aromatic heterocycles. The van der Waals surface area contributed by atoms with Crippen molar-refractivity contribution in [2.45, 2.75) is 51.5 Å². The number of aromatic nitrogens is 1. The Morgan fingerprint density at radius 1 is 1.21 bits per heavy atom. The Bertz CT molecular complexity index is 987. The summed E-state index contributed by atoms with van der Waals surface area (Å²) in [5.74, 6) is 0.342. The smallest absolute Gasteiger partial charge is 0.0577 e. The largest absolute Gasteiger partial charge is 0.379 e. The SMILES string of the molecule is CC.CC1(NC2=Cc3c([nH]c4ccc(Cl)cc34)C(CCN)C2)C=C(Cl)C(Cl)=CC1. The van der Waals surface area contributed by atoms with Gasteiger partial charge in [-0.1, -0.05) is 54.7 Å². The number of fused-ring (bicyclic) bond motifs is 3. The predicted octanol–water partition coefficient (Wildman–Crippen LogP) is 7.02. The van der Waals surface area contributed by atoms with E-state index in [4.69, 9.17) is 40.5 Å². The van der Waals surface area contributed by atoms with E-state index in [2.05, 4.69) is 23.3 Å². The van der Waals surface area contributed by atoms with Gasteiger partial charge in [-0.3, -0.25) is 0 Å². The minimum absolute atomic E-state index is 0.268. The normalized spacial score (nSPS) is 23.4. The molecule has 2 unspecified atom stereocenters. The summed E-state index contributed by atoms with van der Waals surface area (Å²) in [5.41, 5.74) is 10.4. The van der Waals surface area contributed by atoms with Crippen LogP contribution >= 0.6 is 34.8 Å². The van der Waals surface area contributed by atoms with Crippen molar-refractivity contribution in [1.29, 1.82) is 0 Å². The Hall–Kier alpha value is -1.39. The van der Waals surface area contributed by atoms with Crippen LogP contribution in [-0.4, -0.2) is 17.1 Å². The molecule has 4 N–H and O–H groups in total. The topological polar surface area (TPSA) is 53.8 Å². The lowest BCUT2D eigenvalue weighted by Crippen LogP contribution is -2.41. The first-order valence-electron chi connectivity index (χ1n) is 10.1. The lowest BCUT2D eigenvalue weighted by atomic mass is 9.85. The molecule has 0 fully saturated rings. The van der Waals surface area contributed by atoms with Crippen molar-refractivity contribution in [2.24, 2.45) is 5.73 Å². The van der Waals surface area contributed by atoms with Crippen LogP contribution in [0.2, 0.25) is 5.02 Å². The Morgan fingerprint density at radius 2 is 1.97 bits per heavy atom. The number of hydrogen-bond acceptors (Lipinski definition) is 2. The summed E-state index contributed by atoms with van der Waals surface area (Å²) in [7, 11) is 0. The van der Waals surface area contributed by atoms with Gasteiger partial charge in [0.2, 0.25) is 0 Å². The van der Waals surface area contributed by atoms with Crippen LogP contribution in [-0.2, 0) is 0 Å². The number of allylic oxidation sites excluding steroid dienone is 3. The maximum absolute atomic E-state index is 6.27. The fourth-order valence-electron chi connectivity index (χ4n) is 4.08. The monoisotopic (exact) mass is 451 g/mol. The molecule has 2 aliphatic carbocycles. The van der Waals surface area contributed by atoms with Crippen LogP contribution in [0.25, 0.3) is 17.0 Å². The Balaban J connectivity index is 0.00000117. The van der Waals surface area contributed by atoms with Gasteiger partial charge in [0.25, 0.3) is 0 Å². The standard InChI is InChI=1S/C21H22Cl3N3.C2H6/c1-21(6-4-17(23)18(24)11-21)27-14-8-12(5-7-25)20-16(10-14)15-9-13(22)2-3-19(15)26-20;1-2/h2-4,9-12,26-27H,5-8,25H2,1H3;1-2H3. The van der Waals surface area contributed by atoms with Gasteiger partial charge in [0.05, 0.1) is 15.6 Å². The van der Waals surface area contributed by atoms with Gasteiger partial charge in [0.15, 0.2) is 0 Å². The number of benzene rings is 1. The molecule has 3 nitrogen and oxygen atoms in total. The number of halogens is 3. The van der Waals surface area contributed by atoms with Gasteiger partial charge in [0.1, 0.15) is 0 Å². The molecule has 0 aliphatic heterocycles. The molecule has 2 atom stereocenters. The number of rotatable bonds is 4. The highest BCUT2D eigenvalue weighted by molar-refractivity contribution is 6.44. The van der Waals surface area contributed by atoms with E-state index in [1.165, 1.54) is 17.0 Å². The van der Waals surface area contributed by atoms with Crippen molar-refractivity contribution in [2.75, 3.05) is 6.54 Å². The maximum Gasteiger partial charge on any atom is 0.0577 e. The Morgan fingerprint density at radius 3 is 2.66 bits per heavy atom. The van der Waals surface area contributed by atoms with Crippen molar-refractivity contribution in [3.05, 3.63) is 62.4 Å². The van der Waals surface area contributed by atoms with Crippen LogP contribution in [0.1, 0.15) is 57.2 Å². The molecule has 4 rings (SSSR count). The molecule has 1 heterocycles. The number of aromatic amines is 1. The first-order valence-corrected chi connectivity index (χ1v) is 11.3. The molecular weight excluding hydrogens is 425 g/mol. The summed E-state index contributed by atoms with van der Waals surface area (Å²) in [4.78, 5) is 3.58. The minimum atomic E-state index is -0.268. The quantitative estimate of drug-likeness (QED) is 0.466. The second-order valence-corrected chi connectivity index (χ2v) is 8.83. The molecular formula is C23H28Cl3N3. The zero-order valence-electron chi connectivity index (χ0n) is 17.1. The van der Waals surface area contributed by atoms with E-state index in [0.717, 1.165) is 35.2 Å². The van der Waals surface area contributed by atoms with Crippen LogP contribution in [0.15, 0.2) is 46.1 Å². The summed E-state index contributed by atoms with van der Waals surface area (Å²) < 4.78 is 0. The van der Waals surface area contributed by atoms with Gasteiger partial charge in [-0.05, 0) is 63.1 Å². The number of nitrogens with one attached hydrogen (secondary N) is 2. The zero-order chi connectivity index (χ0) is 21.2. The molecule has 2 aliphatic rings. The van der Waals surface area contributed by atoms with Crippen molar-refractivity contribution >= 4 is 51.8 Å². The van der Waals surface area contributed by atoms with Crippen molar-refractivity contribution in [1.82, 2.24) is 10.3 Å².